The summed E-state index contributed by atoms with van der Waals surface area (Å²) in [6.45, 7) is 9.94. The van der Waals surface area contributed by atoms with Crippen molar-refractivity contribution in [2.45, 2.75) is 46.5 Å². The first-order valence-electron chi connectivity index (χ1n) is 8.26. The molecule has 0 saturated heterocycles. The fourth-order valence-corrected chi connectivity index (χ4v) is 2.09. The van der Waals surface area contributed by atoms with Gasteiger partial charge >= 0.3 is 6.16 Å². The molecule has 0 saturated carbocycles. The lowest BCUT2D eigenvalue weighted by atomic mass is 10.0. The molecule has 0 amide bonds. The first-order valence-corrected chi connectivity index (χ1v) is 8.26. The highest BCUT2D eigenvalue weighted by atomic mass is 16.8. The van der Waals surface area contributed by atoms with Gasteiger partial charge in [0.05, 0.1) is 12.8 Å². The molecule has 0 radical (unpaired) electrons. The van der Waals surface area contributed by atoms with Gasteiger partial charge in [-0.2, -0.15) is 0 Å². The maximum atomic E-state index is 11.8. The molecule has 0 aromatic heterocycles. The summed E-state index contributed by atoms with van der Waals surface area (Å²) in [6.07, 6.45) is 4.22. The number of rotatable bonds is 9. The van der Waals surface area contributed by atoms with Crippen LogP contribution in [0.25, 0.3) is 0 Å². The molecular weight excluding hydrogens is 306 g/mol. The third-order valence-electron chi connectivity index (χ3n) is 3.74. The second kappa shape index (κ2) is 10.5. The van der Waals surface area contributed by atoms with Crippen LogP contribution in [0.15, 0.2) is 36.0 Å². The van der Waals surface area contributed by atoms with Gasteiger partial charge in [0.25, 0.3) is 0 Å². The van der Waals surface area contributed by atoms with Crippen LogP contribution in [0.1, 0.15) is 45.6 Å². The molecule has 0 aliphatic heterocycles. The quantitative estimate of drug-likeness (QED) is 0.157. The second-order valence-electron chi connectivity index (χ2n) is 5.65. The van der Waals surface area contributed by atoms with Gasteiger partial charge in [0.2, 0.25) is 0 Å². The van der Waals surface area contributed by atoms with E-state index < -0.39 is 6.16 Å². The topological polar surface area (TPSA) is 57.1 Å². The molecule has 1 aromatic carbocycles. The van der Waals surface area contributed by atoms with E-state index in [9.17, 15) is 4.79 Å². The van der Waals surface area contributed by atoms with Crippen molar-refractivity contribution in [1.29, 1.82) is 0 Å². The lowest BCUT2D eigenvalue weighted by Gasteiger charge is -2.10. The average molecular weight is 333 g/mol. The van der Waals surface area contributed by atoms with E-state index in [1.165, 1.54) is 7.11 Å². The van der Waals surface area contributed by atoms with E-state index in [4.69, 9.17) is 14.3 Å². The Morgan fingerprint density at radius 2 is 2.08 bits per heavy atom. The normalized spacial score (nSPS) is 12.4. The molecule has 5 nitrogen and oxygen atoms in total. The highest BCUT2D eigenvalue weighted by molar-refractivity contribution is 5.84. The van der Waals surface area contributed by atoms with E-state index in [1.807, 2.05) is 13.0 Å². The van der Waals surface area contributed by atoms with E-state index >= 15 is 0 Å². The van der Waals surface area contributed by atoms with E-state index in [0.717, 1.165) is 30.5 Å². The lowest BCUT2D eigenvalue weighted by molar-refractivity contribution is 0.101. The number of oxime groups is 1. The van der Waals surface area contributed by atoms with Crippen LogP contribution in [-0.2, 0) is 11.3 Å². The number of carbonyl (C=O) groups is 1. The Hall–Kier alpha value is -2.30. The largest absolute Gasteiger partial charge is 0.540 e. The van der Waals surface area contributed by atoms with Gasteiger partial charge in [-0.1, -0.05) is 44.5 Å². The van der Waals surface area contributed by atoms with Crippen molar-refractivity contribution in [3.8, 4) is 11.5 Å². The van der Waals surface area contributed by atoms with Gasteiger partial charge in [0.1, 0.15) is 0 Å². The van der Waals surface area contributed by atoms with Crippen molar-refractivity contribution in [3.63, 3.8) is 0 Å². The molecule has 0 bridgehead atoms. The van der Waals surface area contributed by atoms with Crippen molar-refractivity contribution in [1.82, 2.24) is 0 Å². The number of nitrogens with zero attached hydrogens (tertiary/aromatic N) is 1. The number of hydrogen-bond donors (Lipinski definition) is 0. The van der Waals surface area contributed by atoms with Gasteiger partial charge in [-0.05, 0) is 42.9 Å². The molecule has 0 fully saturated rings. The monoisotopic (exact) mass is 333 g/mol. The maximum Gasteiger partial charge on any atom is 0.540 e. The Bertz CT molecular complexity index is 581. The first kappa shape index (κ1) is 19.7. The molecule has 5 heteroatoms. The van der Waals surface area contributed by atoms with Crippen LogP contribution in [0.4, 0.5) is 4.79 Å². The molecule has 1 rings (SSSR count). The number of methoxy groups -OCH3 is 1. The lowest BCUT2D eigenvalue weighted by Crippen LogP contribution is -2.11. The molecular formula is C19H27NO4. The zero-order valence-electron chi connectivity index (χ0n) is 15.0. The molecule has 24 heavy (non-hydrogen) atoms. The summed E-state index contributed by atoms with van der Waals surface area (Å²) >= 11 is 0. The van der Waals surface area contributed by atoms with Crippen LogP contribution in [0.3, 0.4) is 0 Å². The zero-order valence-corrected chi connectivity index (χ0v) is 15.0. The minimum Gasteiger partial charge on any atom is -0.493 e. The number of allylic oxidation sites excluding steroid dienone is 1. The summed E-state index contributed by atoms with van der Waals surface area (Å²) in [4.78, 5) is 16.7. The van der Waals surface area contributed by atoms with Gasteiger partial charge in [-0.3, -0.25) is 4.84 Å². The second-order valence-corrected chi connectivity index (χ2v) is 5.65. The van der Waals surface area contributed by atoms with Crippen LogP contribution in [-0.4, -0.2) is 19.0 Å². The molecule has 1 aromatic rings. The Morgan fingerprint density at radius 3 is 2.67 bits per heavy atom. The van der Waals surface area contributed by atoms with Gasteiger partial charge in [0, 0.05) is 0 Å². The molecule has 1 atom stereocenters. The summed E-state index contributed by atoms with van der Waals surface area (Å²) in [5.41, 5.74) is 1.86. The predicted octanol–water partition coefficient (Wildman–Crippen LogP) is 5.14. The number of benzene rings is 1. The molecule has 0 aliphatic carbocycles. The Balaban J connectivity index is 2.71. The maximum absolute atomic E-state index is 11.8. The number of carbonyl (C=O) groups excluding carboxylic acids is 1. The molecule has 0 heterocycles. The Kier molecular flexibility index (Phi) is 8.61. The smallest absolute Gasteiger partial charge is 0.493 e. The number of ether oxygens (including phenoxy) is 2. The van der Waals surface area contributed by atoms with E-state index in [1.54, 1.807) is 18.2 Å². The predicted molar refractivity (Wildman–Crippen MR) is 95.8 cm³/mol. The highest BCUT2D eigenvalue weighted by Crippen LogP contribution is 2.28. The van der Waals surface area contributed by atoms with Crippen molar-refractivity contribution in [3.05, 3.63) is 36.4 Å². The average Bonchev–Trinajstić information content (AvgIpc) is 2.59. The molecule has 0 aliphatic rings. The van der Waals surface area contributed by atoms with E-state index in [2.05, 4.69) is 25.6 Å². The van der Waals surface area contributed by atoms with Crippen LogP contribution in [0.2, 0.25) is 0 Å². The third kappa shape index (κ3) is 6.44. The fourth-order valence-electron chi connectivity index (χ4n) is 2.09. The minimum absolute atomic E-state index is 0.297. The SMILES string of the molecule is C=CCc1ccc(OC(=O)O/N=C(\CC)CC(C)CC)c(OC)c1. The van der Waals surface area contributed by atoms with Gasteiger partial charge in [-0.15, -0.1) is 6.58 Å². The fraction of sp³-hybridized carbons (Fsp3) is 0.474. The molecule has 132 valence electrons. The van der Waals surface area contributed by atoms with Crippen molar-refractivity contribution >= 4 is 11.9 Å². The third-order valence-corrected chi connectivity index (χ3v) is 3.74. The van der Waals surface area contributed by atoms with Crippen molar-refractivity contribution < 1.29 is 19.1 Å². The van der Waals surface area contributed by atoms with Gasteiger partial charge < -0.3 is 9.47 Å². The van der Waals surface area contributed by atoms with Crippen LogP contribution < -0.4 is 9.47 Å². The van der Waals surface area contributed by atoms with Crippen LogP contribution in [0.5, 0.6) is 11.5 Å². The van der Waals surface area contributed by atoms with Gasteiger partial charge in [0.15, 0.2) is 11.5 Å². The van der Waals surface area contributed by atoms with E-state index in [-0.39, 0.29) is 0 Å². The summed E-state index contributed by atoms with van der Waals surface area (Å²) < 4.78 is 10.4. The highest BCUT2D eigenvalue weighted by Gasteiger charge is 2.13. The van der Waals surface area contributed by atoms with Crippen LogP contribution in [0, 0.1) is 5.92 Å². The minimum atomic E-state index is -0.875. The van der Waals surface area contributed by atoms with Gasteiger partial charge in [-0.25, -0.2) is 4.79 Å². The van der Waals surface area contributed by atoms with Crippen molar-refractivity contribution in [2.75, 3.05) is 7.11 Å². The summed E-state index contributed by atoms with van der Waals surface area (Å²) in [5.74, 6) is 1.26. The zero-order chi connectivity index (χ0) is 17.9. The van der Waals surface area contributed by atoms with Crippen LogP contribution >= 0.6 is 0 Å². The summed E-state index contributed by atoms with van der Waals surface area (Å²) in [7, 11) is 1.52. The molecule has 1 unspecified atom stereocenters. The first-order chi connectivity index (χ1) is 11.5. The summed E-state index contributed by atoms with van der Waals surface area (Å²) in [6, 6.07) is 5.31. The summed E-state index contributed by atoms with van der Waals surface area (Å²) in [5, 5.41) is 3.92. The van der Waals surface area contributed by atoms with E-state index in [0.29, 0.717) is 23.8 Å². The standard InChI is InChI=1S/C19H27NO4/c1-6-9-15-10-11-17(18(13-15)22-5)23-19(21)24-20-16(8-3)12-14(4)7-2/h6,10-11,13-14H,1,7-9,12H2,2-5H3/b20-16+. The van der Waals surface area contributed by atoms with Crippen molar-refractivity contribution in [2.24, 2.45) is 11.1 Å². The number of hydrogen-bond acceptors (Lipinski definition) is 5. The Morgan fingerprint density at radius 1 is 1.33 bits per heavy atom. The molecule has 0 N–H and O–H groups in total. The Labute approximate surface area is 144 Å². The molecule has 0 spiro atoms.